The fourth-order valence-electron chi connectivity index (χ4n) is 0.183. The van der Waals surface area contributed by atoms with Crippen molar-refractivity contribution >= 4 is 13.6 Å². The van der Waals surface area contributed by atoms with Crippen LogP contribution in [0.15, 0.2) is 0 Å². The Kier molecular flexibility index (Phi) is 73.3. The van der Waals surface area contributed by atoms with Gasteiger partial charge in [-0.15, -0.1) is 0 Å². The second-order valence-electron chi connectivity index (χ2n) is 3.23. The summed E-state index contributed by atoms with van der Waals surface area (Å²) in [7, 11) is 0. The molecule has 0 aromatic heterocycles. The summed E-state index contributed by atoms with van der Waals surface area (Å²) in [5.74, 6) is 1.96. The fraction of sp³-hybridized carbons (Fsp3) is 0.636. The van der Waals surface area contributed by atoms with Gasteiger partial charge in [-0.3, -0.25) is 13.6 Å². The minimum atomic E-state index is 0. The molecular formula is C11H20NO2Ru+. The molecule has 0 aliphatic carbocycles. The molecule has 0 aliphatic rings. The van der Waals surface area contributed by atoms with Crippen LogP contribution in [0.2, 0.25) is 0 Å². The van der Waals surface area contributed by atoms with Gasteiger partial charge in [-0.2, -0.15) is 20.8 Å². The van der Waals surface area contributed by atoms with Crippen molar-refractivity contribution < 1.29 is 29.1 Å². The van der Waals surface area contributed by atoms with E-state index in [9.17, 15) is 0 Å². The van der Waals surface area contributed by atoms with Crippen LogP contribution in [-0.4, -0.2) is 20.1 Å². The van der Waals surface area contributed by atoms with Gasteiger partial charge >= 0.3 is 19.5 Å². The van der Waals surface area contributed by atoms with Crippen molar-refractivity contribution in [1.82, 2.24) is 0 Å². The predicted molar refractivity (Wildman–Crippen MR) is 60.1 cm³/mol. The maximum absolute atomic E-state index is 7.75. The first-order chi connectivity index (χ1) is 6.50. The third kappa shape index (κ3) is 293. The Hall–Kier alpha value is -0.547. The van der Waals surface area contributed by atoms with E-state index < -0.39 is 0 Å². The number of carbonyl (C=O) groups excluding carboxylic acids is 2. The van der Waals surface area contributed by atoms with Crippen molar-refractivity contribution in [2.24, 2.45) is 5.92 Å². The smallest absolute Gasteiger partial charge is 0.545 e. The number of rotatable bonds is 1. The molecule has 0 saturated carbocycles. The Labute approximate surface area is 107 Å². The van der Waals surface area contributed by atoms with E-state index in [-0.39, 0.29) is 19.5 Å². The van der Waals surface area contributed by atoms with Crippen LogP contribution in [-0.2, 0) is 29.1 Å². The van der Waals surface area contributed by atoms with Crippen molar-refractivity contribution in [3.8, 4) is 0 Å². The van der Waals surface area contributed by atoms with E-state index in [4.69, 9.17) is 16.2 Å². The van der Waals surface area contributed by atoms with Crippen molar-refractivity contribution in [1.29, 1.82) is 0 Å². The van der Waals surface area contributed by atoms with Gasteiger partial charge in [-0.05, 0) is 0 Å². The van der Waals surface area contributed by atoms with Crippen LogP contribution in [0.3, 0.4) is 0 Å². The minimum Gasteiger partial charge on any atom is -0.545 e. The van der Waals surface area contributed by atoms with Gasteiger partial charge in [0.15, 0.2) is 0 Å². The van der Waals surface area contributed by atoms with E-state index in [1.165, 1.54) is 5.92 Å². The molecule has 0 N–H and O–H groups in total. The zero-order valence-electron chi connectivity index (χ0n) is 10.1. The summed E-state index contributed by atoms with van der Waals surface area (Å²) in [4.78, 5) is 18.7. The average molecular weight is 299 g/mol. The van der Waals surface area contributed by atoms with Gasteiger partial charge in [-0.25, -0.2) is 6.57 Å². The molecule has 0 aromatic rings. The predicted octanol–water partition coefficient (Wildman–Crippen LogP) is 2.63. The summed E-state index contributed by atoms with van der Waals surface area (Å²) in [6, 6.07) is 0. The SMILES string of the molecule is C[C-](C)C.[C-]#[N+]CC(C)C.[CH-]=O.[CH-]=O.[Ru+4]. The number of nitrogens with zero attached hydrogens (tertiary/aromatic N) is 1. The van der Waals surface area contributed by atoms with Gasteiger partial charge in [0, 0.05) is 5.92 Å². The Balaban J connectivity index is -0.0000000327. The Bertz CT molecular complexity index is 117. The van der Waals surface area contributed by atoms with Gasteiger partial charge in [-0.1, -0.05) is 13.8 Å². The molecular weight excluding hydrogens is 279 g/mol. The van der Waals surface area contributed by atoms with Gasteiger partial charge in [0.05, 0.1) is 0 Å². The second kappa shape index (κ2) is 37.6. The zero-order valence-corrected chi connectivity index (χ0v) is 11.8. The van der Waals surface area contributed by atoms with Gasteiger partial charge < -0.3 is 20.4 Å². The molecule has 0 radical (unpaired) electrons. The van der Waals surface area contributed by atoms with E-state index in [0.717, 1.165) is 0 Å². The maximum atomic E-state index is 7.75. The van der Waals surface area contributed by atoms with Crippen molar-refractivity contribution in [2.75, 3.05) is 6.54 Å². The molecule has 0 aliphatic heterocycles. The summed E-state index contributed by atoms with van der Waals surface area (Å²) in [6.07, 6.45) is 0. The standard InChI is InChI=1S/C5H9N.C4H9.2CHO.Ru/c1-5(2)4-6-3;1-4(2)3;2*1-2;/h5H,4H2,1-2H3;1-3H3;2*1H;/q;3*-1;+4. The molecule has 0 amide bonds. The number of hydrogen-bond donors (Lipinski definition) is 0. The fourth-order valence-corrected chi connectivity index (χ4v) is 0.183. The molecule has 3 nitrogen and oxygen atoms in total. The van der Waals surface area contributed by atoms with Gasteiger partial charge in [0.2, 0.25) is 6.54 Å². The molecule has 88 valence electrons. The van der Waals surface area contributed by atoms with E-state index >= 15 is 0 Å². The largest absolute Gasteiger partial charge is 4.00 e. The molecule has 0 spiro atoms. The van der Waals surface area contributed by atoms with Crippen molar-refractivity contribution in [3.63, 3.8) is 0 Å². The molecule has 0 bridgehead atoms. The van der Waals surface area contributed by atoms with E-state index in [0.29, 0.717) is 12.5 Å². The van der Waals surface area contributed by atoms with Crippen LogP contribution >= 0.6 is 0 Å². The molecule has 0 atom stereocenters. The van der Waals surface area contributed by atoms with Crippen molar-refractivity contribution in [3.05, 3.63) is 17.3 Å². The van der Waals surface area contributed by atoms with Gasteiger partial charge in [0.1, 0.15) is 0 Å². The van der Waals surface area contributed by atoms with Crippen LogP contribution in [0.1, 0.15) is 34.6 Å². The average Bonchev–Trinajstić information content (AvgIpc) is 2.10. The first kappa shape index (κ1) is 29.3. The van der Waals surface area contributed by atoms with E-state index in [1.807, 2.05) is 13.8 Å². The molecule has 0 heterocycles. The van der Waals surface area contributed by atoms with Crippen LogP contribution in [0.5, 0.6) is 0 Å². The summed E-state index contributed by atoms with van der Waals surface area (Å²) < 4.78 is 0. The second-order valence-corrected chi connectivity index (χ2v) is 3.23. The van der Waals surface area contributed by atoms with Crippen LogP contribution in [0, 0.1) is 18.4 Å². The van der Waals surface area contributed by atoms with Crippen LogP contribution in [0.25, 0.3) is 4.85 Å². The third-order valence-corrected chi connectivity index (χ3v) is 0.456. The number of hydrogen-bond acceptors (Lipinski definition) is 2. The quantitative estimate of drug-likeness (QED) is 0.424. The van der Waals surface area contributed by atoms with Crippen LogP contribution < -0.4 is 0 Å². The summed E-state index contributed by atoms with van der Waals surface area (Å²) in [5, 5.41) is 0. The first-order valence-electron chi connectivity index (χ1n) is 4.07. The molecule has 0 saturated heterocycles. The molecule has 0 fully saturated rings. The Morgan fingerprint density at radius 1 is 1.13 bits per heavy atom. The molecule has 0 aromatic carbocycles. The summed E-state index contributed by atoms with van der Waals surface area (Å²) in [6.45, 7) is 23.9. The molecule has 0 rings (SSSR count). The summed E-state index contributed by atoms with van der Waals surface area (Å²) in [5.41, 5.74) is 0. The normalized spacial score (nSPS) is 6.27. The molecule has 0 unspecified atom stereocenters. The Morgan fingerprint density at radius 2 is 1.33 bits per heavy atom. The van der Waals surface area contributed by atoms with E-state index in [2.05, 4.69) is 39.2 Å². The summed E-state index contributed by atoms with van der Waals surface area (Å²) >= 11 is 0. The monoisotopic (exact) mass is 300 g/mol. The third-order valence-electron chi connectivity index (χ3n) is 0.456. The minimum absolute atomic E-state index is 0. The molecule has 15 heavy (non-hydrogen) atoms. The topological polar surface area (TPSA) is 38.5 Å². The molecule has 4 heteroatoms. The van der Waals surface area contributed by atoms with E-state index in [1.54, 1.807) is 0 Å². The maximum Gasteiger partial charge on any atom is 4.00 e. The zero-order chi connectivity index (χ0) is 12.6. The van der Waals surface area contributed by atoms with Crippen molar-refractivity contribution in [2.45, 2.75) is 34.6 Å². The van der Waals surface area contributed by atoms with Crippen LogP contribution in [0.4, 0.5) is 0 Å². The Morgan fingerprint density at radius 3 is 1.33 bits per heavy atom. The first-order valence-corrected chi connectivity index (χ1v) is 4.07. The van der Waals surface area contributed by atoms with Gasteiger partial charge in [0.25, 0.3) is 0 Å².